The Hall–Kier alpha value is -3.06. The van der Waals surface area contributed by atoms with E-state index in [4.69, 9.17) is 0 Å². The minimum Gasteiger partial charge on any atom is -0.494 e. The molecule has 0 aliphatic carbocycles. The van der Waals surface area contributed by atoms with Gasteiger partial charge in [0, 0.05) is 23.9 Å². The number of nitrogens with two attached hydrogens (primary N) is 1. The standard InChI is InChI=1S/C18H18N4O3/c1-2-9-22-17(24)13(16(23)21-18(22)25)15-14-11(7-8-19-15)10-5-3-4-6-12(10)20-14/h2-6,15,19-20,24H,1,7-9H2,(H,21,23,25)/p+1/t15-/m1/s1. The highest BCUT2D eigenvalue weighted by Crippen LogP contribution is 2.31. The Morgan fingerprint density at radius 3 is 2.92 bits per heavy atom. The van der Waals surface area contributed by atoms with Gasteiger partial charge in [0.05, 0.1) is 12.2 Å². The lowest BCUT2D eigenvalue weighted by molar-refractivity contribution is -0.690. The first-order valence-electron chi connectivity index (χ1n) is 8.21. The van der Waals surface area contributed by atoms with Crippen LogP contribution in [0.5, 0.6) is 5.88 Å². The number of allylic oxidation sites excluding steroid dienone is 1. The van der Waals surface area contributed by atoms with Crippen LogP contribution in [0.4, 0.5) is 0 Å². The van der Waals surface area contributed by atoms with Crippen molar-refractivity contribution < 1.29 is 10.4 Å². The van der Waals surface area contributed by atoms with E-state index < -0.39 is 17.3 Å². The van der Waals surface area contributed by atoms with Crippen molar-refractivity contribution in [2.45, 2.75) is 19.0 Å². The Balaban J connectivity index is 1.96. The largest absolute Gasteiger partial charge is 0.494 e. The molecule has 0 saturated heterocycles. The summed E-state index contributed by atoms with van der Waals surface area (Å²) in [7, 11) is 0. The predicted octanol–water partition coefficient (Wildman–Crippen LogP) is 0.118. The van der Waals surface area contributed by atoms with E-state index in [0.29, 0.717) is 0 Å². The second kappa shape index (κ2) is 5.78. The van der Waals surface area contributed by atoms with E-state index in [9.17, 15) is 14.7 Å². The van der Waals surface area contributed by atoms with Gasteiger partial charge >= 0.3 is 5.69 Å². The summed E-state index contributed by atoms with van der Waals surface area (Å²) in [6.45, 7) is 4.51. The van der Waals surface area contributed by atoms with E-state index in [0.717, 1.165) is 39.7 Å². The fourth-order valence-electron chi connectivity index (χ4n) is 3.68. The third-order valence-corrected chi connectivity index (χ3v) is 4.78. The molecule has 5 N–H and O–H groups in total. The van der Waals surface area contributed by atoms with Crippen molar-refractivity contribution in [3.05, 3.63) is 74.6 Å². The van der Waals surface area contributed by atoms with Crippen molar-refractivity contribution in [2.24, 2.45) is 0 Å². The van der Waals surface area contributed by atoms with Crippen molar-refractivity contribution in [3.8, 4) is 5.88 Å². The first-order valence-corrected chi connectivity index (χ1v) is 8.21. The molecule has 0 amide bonds. The van der Waals surface area contributed by atoms with Crippen LogP contribution in [0, 0.1) is 0 Å². The number of quaternary nitrogens is 1. The predicted molar refractivity (Wildman–Crippen MR) is 93.8 cm³/mol. The van der Waals surface area contributed by atoms with Gasteiger partial charge in [0.25, 0.3) is 5.56 Å². The Kier molecular flexibility index (Phi) is 3.58. The molecule has 0 radical (unpaired) electrons. The fourth-order valence-corrected chi connectivity index (χ4v) is 3.68. The summed E-state index contributed by atoms with van der Waals surface area (Å²) in [5.41, 5.74) is 2.05. The molecule has 128 valence electrons. The van der Waals surface area contributed by atoms with Gasteiger partial charge in [0.1, 0.15) is 5.56 Å². The highest BCUT2D eigenvalue weighted by molar-refractivity contribution is 5.85. The van der Waals surface area contributed by atoms with Crippen LogP contribution in [0.25, 0.3) is 10.9 Å². The van der Waals surface area contributed by atoms with E-state index in [1.165, 1.54) is 6.08 Å². The number of nitrogens with zero attached hydrogens (tertiary/aromatic N) is 1. The lowest BCUT2D eigenvalue weighted by Gasteiger charge is -2.22. The minimum atomic E-state index is -0.640. The summed E-state index contributed by atoms with van der Waals surface area (Å²) in [4.78, 5) is 30.1. The van der Waals surface area contributed by atoms with E-state index >= 15 is 0 Å². The van der Waals surface area contributed by atoms with Crippen LogP contribution in [-0.2, 0) is 13.0 Å². The van der Waals surface area contributed by atoms with E-state index in [2.05, 4.69) is 22.6 Å². The summed E-state index contributed by atoms with van der Waals surface area (Å²) in [5, 5.41) is 13.7. The molecule has 0 spiro atoms. The number of hydrogen-bond acceptors (Lipinski definition) is 3. The zero-order valence-corrected chi connectivity index (χ0v) is 13.6. The van der Waals surface area contributed by atoms with Gasteiger partial charge in [-0.05, 0) is 11.6 Å². The quantitative estimate of drug-likeness (QED) is 0.509. The Morgan fingerprint density at radius 1 is 1.32 bits per heavy atom. The topological polar surface area (TPSA) is 107 Å². The second-order valence-electron chi connectivity index (χ2n) is 6.21. The first-order chi connectivity index (χ1) is 12.1. The number of rotatable bonds is 3. The van der Waals surface area contributed by atoms with Crippen LogP contribution >= 0.6 is 0 Å². The smallest absolute Gasteiger partial charge is 0.331 e. The minimum absolute atomic E-state index is 0.126. The molecule has 3 aromatic rings. The molecule has 1 aliphatic rings. The van der Waals surface area contributed by atoms with Crippen LogP contribution < -0.4 is 16.6 Å². The van der Waals surface area contributed by atoms with Gasteiger partial charge in [-0.15, -0.1) is 6.58 Å². The van der Waals surface area contributed by atoms with Gasteiger partial charge in [-0.1, -0.05) is 24.3 Å². The molecule has 25 heavy (non-hydrogen) atoms. The number of nitrogens with one attached hydrogen (secondary N) is 2. The molecule has 0 unspecified atom stereocenters. The SMILES string of the molecule is C=CCn1c(O)c([C@H]2[NH2+]CCc3c2[nH]c2ccccc32)c(=O)[nH]c1=O. The molecule has 4 rings (SSSR count). The molecule has 0 saturated carbocycles. The summed E-state index contributed by atoms with van der Waals surface area (Å²) in [6.07, 6.45) is 2.38. The normalized spacial score (nSPS) is 16.7. The second-order valence-corrected chi connectivity index (χ2v) is 6.21. The maximum absolute atomic E-state index is 12.5. The Morgan fingerprint density at radius 2 is 2.12 bits per heavy atom. The molecule has 2 aromatic heterocycles. The van der Waals surface area contributed by atoms with E-state index in [1.807, 2.05) is 23.5 Å². The van der Waals surface area contributed by atoms with Crippen LogP contribution in [0.15, 0.2) is 46.5 Å². The number of para-hydroxylation sites is 1. The lowest BCUT2D eigenvalue weighted by atomic mass is 9.95. The van der Waals surface area contributed by atoms with E-state index in [1.54, 1.807) is 0 Å². The molecule has 1 aromatic carbocycles. The number of benzene rings is 1. The zero-order chi connectivity index (χ0) is 17.6. The average Bonchev–Trinajstić information content (AvgIpc) is 2.98. The molecule has 3 heterocycles. The van der Waals surface area contributed by atoms with Crippen LogP contribution in [0.1, 0.15) is 22.9 Å². The third-order valence-electron chi connectivity index (χ3n) is 4.78. The molecule has 7 heteroatoms. The van der Waals surface area contributed by atoms with E-state index in [-0.39, 0.29) is 18.0 Å². The van der Waals surface area contributed by atoms with Gasteiger partial charge in [-0.2, -0.15) is 0 Å². The molecule has 7 nitrogen and oxygen atoms in total. The summed E-state index contributed by atoms with van der Waals surface area (Å²) in [5.74, 6) is -0.304. The Bertz CT molecular complexity index is 1090. The van der Waals surface area contributed by atoms with Gasteiger partial charge < -0.3 is 15.4 Å². The maximum Gasteiger partial charge on any atom is 0.331 e. The monoisotopic (exact) mass is 339 g/mol. The van der Waals surface area contributed by atoms with Gasteiger partial charge in [-0.3, -0.25) is 14.3 Å². The van der Waals surface area contributed by atoms with Crippen molar-refractivity contribution in [1.29, 1.82) is 0 Å². The fraction of sp³-hybridized carbons (Fsp3) is 0.222. The van der Waals surface area contributed by atoms with Crippen LogP contribution in [-0.4, -0.2) is 26.2 Å². The van der Waals surface area contributed by atoms with Gasteiger partial charge in [0.15, 0.2) is 6.04 Å². The van der Waals surface area contributed by atoms with Crippen molar-refractivity contribution >= 4 is 10.9 Å². The number of hydrogen-bond donors (Lipinski definition) is 4. The van der Waals surface area contributed by atoms with Crippen LogP contribution in [0.2, 0.25) is 0 Å². The maximum atomic E-state index is 12.5. The molecular weight excluding hydrogens is 320 g/mol. The van der Waals surface area contributed by atoms with Gasteiger partial charge in [-0.25, -0.2) is 4.79 Å². The first kappa shape index (κ1) is 15.5. The van der Waals surface area contributed by atoms with Gasteiger partial charge in [0.2, 0.25) is 5.88 Å². The van der Waals surface area contributed by atoms with Crippen molar-refractivity contribution in [1.82, 2.24) is 14.5 Å². The van der Waals surface area contributed by atoms with Crippen LogP contribution in [0.3, 0.4) is 0 Å². The van der Waals surface area contributed by atoms with Crippen molar-refractivity contribution in [3.63, 3.8) is 0 Å². The zero-order valence-electron chi connectivity index (χ0n) is 13.6. The highest BCUT2D eigenvalue weighted by atomic mass is 16.3. The molecule has 1 atom stereocenters. The summed E-state index contributed by atoms with van der Waals surface area (Å²) in [6, 6.07) is 7.59. The highest BCUT2D eigenvalue weighted by Gasteiger charge is 2.33. The number of aromatic nitrogens is 3. The number of fused-ring (bicyclic) bond motifs is 3. The molecule has 0 fully saturated rings. The summed E-state index contributed by atoms with van der Waals surface area (Å²) < 4.78 is 1.12. The number of H-pyrrole nitrogens is 2. The average molecular weight is 339 g/mol. The third kappa shape index (κ3) is 2.32. The lowest BCUT2D eigenvalue weighted by Crippen LogP contribution is -2.87. The molecular formula is C18H19N4O3+. The number of aromatic amines is 2. The molecule has 1 aliphatic heterocycles. The number of aromatic hydroxyl groups is 1. The Labute approximate surface area is 142 Å². The molecule has 0 bridgehead atoms. The van der Waals surface area contributed by atoms with Crippen molar-refractivity contribution in [2.75, 3.05) is 6.54 Å². The summed E-state index contributed by atoms with van der Waals surface area (Å²) >= 11 is 0.